The predicted octanol–water partition coefficient (Wildman–Crippen LogP) is 5.96. The molecule has 0 bridgehead atoms. The van der Waals surface area contributed by atoms with Crippen molar-refractivity contribution < 1.29 is 0 Å². The number of thiazole rings is 1. The average molecular weight is 352 g/mol. The van der Waals surface area contributed by atoms with Crippen LogP contribution in [0, 0.1) is 5.92 Å². The molecule has 1 aromatic heterocycles. The number of hydrogen-bond acceptors (Lipinski definition) is 2. The highest BCUT2D eigenvalue weighted by Gasteiger charge is 2.18. The van der Waals surface area contributed by atoms with Crippen LogP contribution in [0.5, 0.6) is 0 Å². The second-order valence-electron chi connectivity index (χ2n) is 5.97. The minimum absolute atomic E-state index is 0.589. The fraction of sp³-hybridized carbons (Fsp3) is 0.588. The third-order valence-electron chi connectivity index (χ3n) is 4.30. The first-order chi connectivity index (χ1) is 9.81. The molecular formula is C17H22BrNS. The predicted molar refractivity (Wildman–Crippen MR) is 91.8 cm³/mol. The van der Waals surface area contributed by atoms with Crippen molar-refractivity contribution in [3.63, 3.8) is 0 Å². The first-order valence-corrected chi connectivity index (χ1v) is 9.53. The summed E-state index contributed by atoms with van der Waals surface area (Å²) in [7, 11) is 0. The van der Waals surface area contributed by atoms with Crippen molar-refractivity contribution in [2.24, 2.45) is 5.92 Å². The lowest BCUT2D eigenvalue weighted by Gasteiger charge is -2.17. The van der Waals surface area contributed by atoms with E-state index in [1.54, 1.807) is 0 Å². The van der Waals surface area contributed by atoms with Crippen molar-refractivity contribution in [3.05, 3.63) is 29.3 Å². The fourth-order valence-corrected chi connectivity index (χ4v) is 5.34. The maximum absolute atomic E-state index is 4.75. The number of rotatable bonds is 4. The Balaban J connectivity index is 1.58. The molecule has 2 aromatic rings. The standard InChI is InChI=1S/C17H22BrNS/c18-14(11-13-7-3-1-2-4-8-13)12-17-19-15-9-5-6-10-16(15)20-17/h5-6,9-10,13-14H,1-4,7-8,11-12H2. The van der Waals surface area contributed by atoms with Crippen molar-refractivity contribution in [3.8, 4) is 0 Å². The molecule has 1 saturated carbocycles. The van der Waals surface area contributed by atoms with Crippen molar-refractivity contribution >= 4 is 37.5 Å². The normalized spacial score (nSPS) is 19.1. The summed E-state index contributed by atoms with van der Waals surface area (Å²) in [5.74, 6) is 0.927. The van der Waals surface area contributed by atoms with Crippen LogP contribution in [0.2, 0.25) is 0 Å². The molecule has 1 heterocycles. The van der Waals surface area contributed by atoms with Gasteiger partial charge in [0.1, 0.15) is 0 Å². The number of halogens is 1. The highest BCUT2D eigenvalue weighted by atomic mass is 79.9. The van der Waals surface area contributed by atoms with Gasteiger partial charge in [0, 0.05) is 11.2 Å². The van der Waals surface area contributed by atoms with Crippen molar-refractivity contribution in [2.45, 2.75) is 56.2 Å². The molecule has 108 valence electrons. The van der Waals surface area contributed by atoms with Gasteiger partial charge in [-0.1, -0.05) is 66.6 Å². The monoisotopic (exact) mass is 351 g/mol. The molecule has 3 heteroatoms. The van der Waals surface area contributed by atoms with Crippen molar-refractivity contribution in [1.29, 1.82) is 0 Å². The van der Waals surface area contributed by atoms with Crippen LogP contribution in [-0.4, -0.2) is 9.81 Å². The number of aromatic nitrogens is 1. The summed E-state index contributed by atoms with van der Waals surface area (Å²) in [6.45, 7) is 0. The van der Waals surface area contributed by atoms with Crippen LogP contribution in [-0.2, 0) is 6.42 Å². The molecule has 1 unspecified atom stereocenters. The van der Waals surface area contributed by atoms with Crippen LogP contribution < -0.4 is 0 Å². The van der Waals surface area contributed by atoms with Crippen LogP contribution in [0.1, 0.15) is 50.0 Å². The van der Waals surface area contributed by atoms with Gasteiger partial charge in [-0.25, -0.2) is 4.98 Å². The van der Waals surface area contributed by atoms with E-state index in [4.69, 9.17) is 4.98 Å². The van der Waals surface area contributed by atoms with Gasteiger partial charge in [0.15, 0.2) is 0 Å². The van der Waals surface area contributed by atoms with Gasteiger partial charge in [0.25, 0.3) is 0 Å². The number of benzene rings is 1. The van der Waals surface area contributed by atoms with E-state index < -0.39 is 0 Å². The molecule has 0 saturated heterocycles. The molecule has 3 rings (SSSR count). The maximum Gasteiger partial charge on any atom is 0.0949 e. The third-order valence-corrected chi connectivity index (χ3v) is 6.05. The Labute approximate surface area is 133 Å². The van der Waals surface area contributed by atoms with E-state index in [9.17, 15) is 0 Å². The second kappa shape index (κ2) is 7.04. The summed E-state index contributed by atoms with van der Waals surface area (Å²) in [4.78, 5) is 5.34. The first kappa shape index (κ1) is 14.5. The zero-order valence-electron chi connectivity index (χ0n) is 11.9. The molecule has 1 aliphatic carbocycles. The molecule has 1 atom stereocenters. The number of alkyl halides is 1. The third kappa shape index (κ3) is 3.82. The molecule has 1 aromatic carbocycles. The number of para-hydroxylation sites is 1. The molecule has 0 aliphatic heterocycles. The molecule has 0 radical (unpaired) electrons. The largest absolute Gasteiger partial charge is 0.241 e. The summed E-state index contributed by atoms with van der Waals surface area (Å²) in [6, 6.07) is 8.46. The van der Waals surface area contributed by atoms with Gasteiger partial charge in [0.2, 0.25) is 0 Å². The van der Waals surface area contributed by atoms with Gasteiger partial charge in [-0.3, -0.25) is 0 Å². The maximum atomic E-state index is 4.75. The van der Waals surface area contributed by atoms with E-state index in [0.717, 1.165) is 17.9 Å². The highest BCUT2D eigenvalue weighted by molar-refractivity contribution is 9.09. The van der Waals surface area contributed by atoms with Crippen molar-refractivity contribution in [2.75, 3.05) is 0 Å². The minimum Gasteiger partial charge on any atom is -0.241 e. The minimum atomic E-state index is 0.589. The van der Waals surface area contributed by atoms with E-state index in [1.165, 1.54) is 54.7 Å². The van der Waals surface area contributed by atoms with Gasteiger partial charge in [-0.05, 0) is 24.5 Å². The smallest absolute Gasteiger partial charge is 0.0949 e. The SMILES string of the molecule is BrC(Cc1nc2ccccc2s1)CC1CCCCCC1. The van der Waals surface area contributed by atoms with Crippen LogP contribution >= 0.6 is 27.3 Å². The second-order valence-corrected chi connectivity index (χ2v) is 8.38. The number of nitrogens with zero attached hydrogens (tertiary/aromatic N) is 1. The molecule has 0 amide bonds. The Kier molecular flexibility index (Phi) is 5.11. The molecular weight excluding hydrogens is 330 g/mol. The summed E-state index contributed by atoms with van der Waals surface area (Å²) in [5.41, 5.74) is 1.15. The molecule has 0 N–H and O–H groups in total. The first-order valence-electron chi connectivity index (χ1n) is 7.80. The molecule has 1 aliphatic rings. The van der Waals surface area contributed by atoms with Crippen molar-refractivity contribution in [1.82, 2.24) is 4.98 Å². The Morgan fingerprint density at radius 3 is 2.65 bits per heavy atom. The lowest BCUT2D eigenvalue weighted by molar-refractivity contribution is 0.423. The average Bonchev–Trinajstić information content (AvgIpc) is 2.66. The number of hydrogen-bond donors (Lipinski definition) is 0. The summed E-state index contributed by atoms with van der Waals surface area (Å²) < 4.78 is 1.32. The Morgan fingerprint density at radius 1 is 1.15 bits per heavy atom. The van der Waals surface area contributed by atoms with Crippen LogP contribution in [0.4, 0.5) is 0 Å². The van der Waals surface area contributed by atoms with E-state index in [-0.39, 0.29) is 0 Å². The Morgan fingerprint density at radius 2 is 1.90 bits per heavy atom. The van der Waals surface area contributed by atoms with Gasteiger partial charge >= 0.3 is 0 Å². The van der Waals surface area contributed by atoms with Crippen LogP contribution in [0.25, 0.3) is 10.2 Å². The number of fused-ring (bicyclic) bond motifs is 1. The fourth-order valence-electron chi connectivity index (χ4n) is 3.24. The topological polar surface area (TPSA) is 12.9 Å². The van der Waals surface area contributed by atoms with E-state index in [1.807, 2.05) is 11.3 Å². The van der Waals surface area contributed by atoms with E-state index >= 15 is 0 Å². The zero-order valence-corrected chi connectivity index (χ0v) is 14.3. The van der Waals surface area contributed by atoms with Crippen LogP contribution in [0.3, 0.4) is 0 Å². The summed E-state index contributed by atoms with van der Waals surface area (Å²) >= 11 is 5.75. The molecule has 1 fully saturated rings. The van der Waals surface area contributed by atoms with Gasteiger partial charge in [-0.15, -0.1) is 11.3 Å². The van der Waals surface area contributed by atoms with E-state index in [2.05, 4.69) is 40.2 Å². The summed E-state index contributed by atoms with van der Waals surface area (Å²) in [5, 5.41) is 1.28. The Hall–Kier alpha value is -0.410. The molecule has 20 heavy (non-hydrogen) atoms. The van der Waals surface area contributed by atoms with E-state index in [0.29, 0.717) is 4.83 Å². The van der Waals surface area contributed by atoms with Gasteiger partial charge in [-0.2, -0.15) is 0 Å². The van der Waals surface area contributed by atoms with Gasteiger partial charge < -0.3 is 0 Å². The molecule has 0 spiro atoms. The zero-order chi connectivity index (χ0) is 13.8. The molecule has 1 nitrogen and oxygen atoms in total. The Bertz CT molecular complexity index is 510. The van der Waals surface area contributed by atoms with Gasteiger partial charge in [0.05, 0.1) is 15.2 Å². The lowest BCUT2D eigenvalue weighted by atomic mass is 9.94. The quantitative estimate of drug-likeness (QED) is 0.488. The summed E-state index contributed by atoms with van der Waals surface area (Å²) in [6.07, 6.45) is 11.0. The van der Waals surface area contributed by atoms with Crippen LogP contribution in [0.15, 0.2) is 24.3 Å². The highest BCUT2D eigenvalue weighted by Crippen LogP contribution is 2.31. The lowest BCUT2D eigenvalue weighted by Crippen LogP contribution is -2.10.